The summed E-state index contributed by atoms with van der Waals surface area (Å²) >= 11 is 7.37. The van der Waals surface area contributed by atoms with Gasteiger partial charge in [0.15, 0.2) is 4.96 Å². The van der Waals surface area contributed by atoms with Crippen LogP contribution in [0.5, 0.6) is 5.75 Å². The van der Waals surface area contributed by atoms with Gasteiger partial charge in [-0.2, -0.15) is 8.78 Å². The van der Waals surface area contributed by atoms with E-state index in [-0.39, 0.29) is 23.1 Å². The van der Waals surface area contributed by atoms with E-state index < -0.39 is 6.61 Å². The first-order valence-electron chi connectivity index (χ1n) is 8.54. The Balaban J connectivity index is 1.48. The van der Waals surface area contributed by atoms with Gasteiger partial charge in [-0.05, 0) is 18.2 Å². The van der Waals surface area contributed by atoms with E-state index in [0.29, 0.717) is 5.69 Å². The number of benzene rings is 2. The minimum atomic E-state index is -2.97. The third-order valence-electron chi connectivity index (χ3n) is 4.13. The molecule has 5 nitrogen and oxygen atoms in total. The van der Waals surface area contributed by atoms with Crippen molar-refractivity contribution < 1.29 is 18.3 Å². The van der Waals surface area contributed by atoms with Crippen molar-refractivity contribution in [2.24, 2.45) is 0 Å². The summed E-state index contributed by atoms with van der Waals surface area (Å²) in [5.74, 6) is -0.413. The highest BCUT2D eigenvalue weighted by molar-refractivity contribution is 7.15. The van der Waals surface area contributed by atoms with E-state index in [1.165, 1.54) is 29.5 Å². The molecule has 0 atom stereocenters. The summed E-state index contributed by atoms with van der Waals surface area (Å²) in [4.78, 5) is 17.8. The van der Waals surface area contributed by atoms with Crippen LogP contribution < -0.4 is 10.1 Å². The molecule has 4 aromatic rings. The number of imidazole rings is 1. The number of rotatable bonds is 6. The van der Waals surface area contributed by atoms with E-state index in [9.17, 15) is 13.6 Å². The number of alkyl halides is 2. The quantitative estimate of drug-likeness (QED) is 0.437. The second kappa shape index (κ2) is 8.18. The molecule has 4 rings (SSSR count). The van der Waals surface area contributed by atoms with E-state index in [1.807, 2.05) is 46.3 Å². The van der Waals surface area contributed by atoms with Crippen molar-refractivity contribution in [3.63, 3.8) is 0 Å². The van der Waals surface area contributed by atoms with Gasteiger partial charge in [0.2, 0.25) is 5.91 Å². The largest absolute Gasteiger partial charge is 0.433 e. The Morgan fingerprint density at radius 2 is 2.03 bits per heavy atom. The number of aromatic nitrogens is 2. The van der Waals surface area contributed by atoms with Crippen LogP contribution in [-0.2, 0) is 11.2 Å². The summed E-state index contributed by atoms with van der Waals surface area (Å²) in [5, 5.41) is 4.58. The molecule has 0 aliphatic heterocycles. The van der Waals surface area contributed by atoms with Gasteiger partial charge in [-0.3, -0.25) is 9.20 Å². The van der Waals surface area contributed by atoms with Crippen LogP contribution in [0.2, 0.25) is 5.02 Å². The molecular formula is C20H14ClF2N3O2S. The van der Waals surface area contributed by atoms with E-state index in [1.54, 1.807) is 0 Å². The van der Waals surface area contributed by atoms with Crippen LogP contribution in [0.25, 0.3) is 16.2 Å². The smallest absolute Gasteiger partial charge is 0.387 e. The normalized spacial score (nSPS) is 11.2. The van der Waals surface area contributed by atoms with Gasteiger partial charge in [-0.25, -0.2) is 4.98 Å². The Morgan fingerprint density at radius 3 is 2.76 bits per heavy atom. The molecule has 0 aliphatic carbocycles. The number of carbonyl (C=O) groups excluding carboxylic acids is 1. The van der Waals surface area contributed by atoms with E-state index in [0.717, 1.165) is 21.9 Å². The summed E-state index contributed by atoms with van der Waals surface area (Å²) in [7, 11) is 0. The molecule has 0 radical (unpaired) electrons. The van der Waals surface area contributed by atoms with Gasteiger partial charge >= 0.3 is 6.61 Å². The van der Waals surface area contributed by atoms with E-state index in [4.69, 9.17) is 11.6 Å². The number of hydrogen-bond acceptors (Lipinski definition) is 4. The second-order valence-corrected chi connectivity index (χ2v) is 7.36. The van der Waals surface area contributed by atoms with E-state index in [2.05, 4.69) is 15.0 Å². The lowest BCUT2D eigenvalue weighted by atomic mass is 10.2. The molecule has 9 heteroatoms. The van der Waals surface area contributed by atoms with Gasteiger partial charge in [0.05, 0.1) is 17.1 Å². The van der Waals surface area contributed by atoms with Crippen molar-refractivity contribution in [3.05, 3.63) is 70.8 Å². The van der Waals surface area contributed by atoms with Crippen molar-refractivity contribution in [2.75, 3.05) is 5.32 Å². The average Bonchev–Trinajstić information content (AvgIpc) is 3.26. The summed E-state index contributed by atoms with van der Waals surface area (Å²) in [6.07, 6.45) is 2.02. The van der Waals surface area contributed by atoms with Crippen LogP contribution in [0, 0.1) is 0 Å². The lowest BCUT2D eigenvalue weighted by Crippen LogP contribution is -2.15. The van der Waals surface area contributed by atoms with Gasteiger partial charge in [-0.1, -0.05) is 41.9 Å². The maximum atomic E-state index is 12.4. The summed E-state index contributed by atoms with van der Waals surface area (Å²) in [6.45, 7) is -2.97. The third kappa shape index (κ3) is 4.38. The van der Waals surface area contributed by atoms with Gasteiger partial charge in [0, 0.05) is 28.5 Å². The molecule has 1 N–H and O–H groups in total. The standard InChI is InChI=1S/C20H14ClF2N3O2S/c21-15-8-13(6-7-17(15)28-19(22)23)24-18(27)9-14-11-29-20-25-16(10-26(14)20)12-4-2-1-3-5-12/h1-8,10-11,19H,9H2,(H,24,27). The zero-order valence-electron chi connectivity index (χ0n) is 14.8. The highest BCUT2D eigenvalue weighted by Crippen LogP contribution is 2.29. The first-order valence-corrected chi connectivity index (χ1v) is 9.80. The van der Waals surface area contributed by atoms with Gasteiger partial charge < -0.3 is 10.1 Å². The molecule has 2 aromatic heterocycles. The first kappa shape index (κ1) is 19.4. The zero-order valence-corrected chi connectivity index (χ0v) is 16.4. The topological polar surface area (TPSA) is 55.6 Å². The predicted molar refractivity (Wildman–Crippen MR) is 109 cm³/mol. The molecule has 0 saturated carbocycles. The fourth-order valence-corrected chi connectivity index (χ4v) is 3.94. The van der Waals surface area contributed by atoms with Crippen LogP contribution in [0.15, 0.2) is 60.1 Å². The molecule has 0 bridgehead atoms. The number of anilines is 1. The van der Waals surface area contributed by atoms with Crippen LogP contribution in [-0.4, -0.2) is 21.9 Å². The number of fused-ring (bicyclic) bond motifs is 1. The number of nitrogens with zero attached hydrogens (tertiary/aromatic N) is 2. The molecule has 2 aromatic carbocycles. The van der Waals surface area contributed by atoms with Crippen molar-refractivity contribution in [3.8, 4) is 17.0 Å². The molecule has 0 unspecified atom stereocenters. The summed E-state index contributed by atoms with van der Waals surface area (Å²) in [6, 6.07) is 13.9. The summed E-state index contributed by atoms with van der Waals surface area (Å²) in [5.41, 5.74) is 3.02. The monoisotopic (exact) mass is 433 g/mol. The Kier molecular flexibility index (Phi) is 5.46. The van der Waals surface area contributed by atoms with Crippen LogP contribution >= 0.6 is 22.9 Å². The lowest BCUT2D eigenvalue weighted by Gasteiger charge is -2.09. The SMILES string of the molecule is O=C(Cc1csc2nc(-c3ccccc3)cn12)Nc1ccc(OC(F)F)c(Cl)c1. The fraction of sp³-hybridized carbons (Fsp3) is 0.100. The highest BCUT2D eigenvalue weighted by atomic mass is 35.5. The van der Waals surface area contributed by atoms with Crippen LogP contribution in [0.4, 0.5) is 14.5 Å². The maximum Gasteiger partial charge on any atom is 0.387 e. The molecule has 1 amide bonds. The second-order valence-electron chi connectivity index (χ2n) is 6.12. The van der Waals surface area contributed by atoms with Crippen molar-refractivity contribution in [2.45, 2.75) is 13.0 Å². The zero-order chi connectivity index (χ0) is 20.4. The highest BCUT2D eigenvalue weighted by Gasteiger charge is 2.14. The number of carbonyl (C=O) groups is 1. The molecule has 0 fully saturated rings. The Bertz CT molecular complexity index is 1160. The number of halogens is 3. The molecule has 29 heavy (non-hydrogen) atoms. The maximum absolute atomic E-state index is 12.4. The minimum Gasteiger partial charge on any atom is -0.433 e. The van der Waals surface area contributed by atoms with Crippen LogP contribution in [0.3, 0.4) is 0 Å². The molecule has 0 spiro atoms. The van der Waals surface area contributed by atoms with Gasteiger partial charge in [0.1, 0.15) is 5.75 Å². The third-order valence-corrected chi connectivity index (χ3v) is 5.31. The number of ether oxygens (including phenoxy) is 1. The van der Waals surface area contributed by atoms with Gasteiger partial charge in [0.25, 0.3) is 0 Å². The van der Waals surface area contributed by atoms with Crippen molar-refractivity contribution in [1.82, 2.24) is 9.38 Å². The number of amides is 1. The lowest BCUT2D eigenvalue weighted by molar-refractivity contribution is -0.115. The predicted octanol–water partition coefficient (Wildman–Crippen LogP) is 5.50. The average molecular weight is 434 g/mol. The number of hydrogen-bond donors (Lipinski definition) is 1. The van der Waals surface area contributed by atoms with E-state index >= 15 is 0 Å². The number of nitrogens with one attached hydrogen (secondary N) is 1. The molecular weight excluding hydrogens is 420 g/mol. The number of thiazole rings is 1. The minimum absolute atomic E-state index is 0.0110. The Labute approximate surface area is 173 Å². The fourth-order valence-electron chi connectivity index (χ4n) is 2.84. The molecule has 0 saturated heterocycles. The first-order chi connectivity index (χ1) is 14.0. The Hall–Kier alpha value is -2.97. The molecule has 2 heterocycles. The van der Waals surface area contributed by atoms with Crippen molar-refractivity contribution >= 4 is 39.5 Å². The molecule has 148 valence electrons. The van der Waals surface area contributed by atoms with Gasteiger partial charge in [-0.15, -0.1) is 11.3 Å². The summed E-state index contributed by atoms with van der Waals surface area (Å²) < 4.78 is 30.8. The van der Waals surface area contributed by atoms with Crippen molar-refractivity contribution in [1.29, 1.82) is 0 Å². The molecule has 0 aliphatic rings. The van der Waals surface area contributed by atoms with Crippen LogP contribution in [0.1, 0.15) is 5.69 Å². The Morgan fingerprint density at radius 1 is 1.24 bits per heavy atom.